The molecule has 2 heterocycles. The lowest BCUT2D eigenvalue weighted by atomic mass is 10.2. The number of aryl methyl sites for hydroxylation is 1. The molecule has 6 heteroatoms. The summed E-state index contributed by atoms with van der Waals surface area (Å²) in [6.45, 7) is 4.32. The number of hydrogen-bond donors (Lipinski definition) is 1. The van der Waals surface area contributed by atoms with E-state index >= 15 is 0 Å². The Morgan fingerprint density at radius 3 is 2.84 bits per heavy atom. The second-order valence-electron chi connectivity index (χ2n) is 4.10. The predicted molar refractivity (Wildman–Crippen MR) is 74.6 cm³/mol. The van der Waals surface area contributed by atoms with Crippen LogP contribution in [-0.4, -0.2) is 22.1 Å². The average Bonchev–Trinajstić information content (AvgIpc) is 2.41. The zero-order valence-corrected chi connectivity index (χ0v) is 11.8. The largest absolute Gasteiger partial charge is 0.481 e. The van der Waals surface area contributed by atoms with Crippen LogP contribution in [0.3, 0.4) is 0 Å². The van der Waals surface area contributed by atoms with Crippen molar-refractivity contribution < 1.29 is 4.74 Å². The van der Waals surface area contributed by atoms with Crippen molar-refractivity contribution in [1.82, 2.24) is 15.0 Å². The van der Waals surface area contributed by atoms with Gasteiger partial charge in [0.2, 0.25) is 5.88 Å². The molecule has 0 amide bonds. The molecule has 0 radical (unpaired) electrons. The summed E-state index contributed by atoms with van der Waals surface area (Å²) in [5.74, 6) is 1.98. The summed E-state index contributed by atoms with van der Waals surface area (Å²) in [4.78, 5) is 12.5. The summed E-state index contributed by atoms with van der Waals surface area (Å²) in [7, 11) is 1.59. The second-order valence-corrected chi connectivity index (χ2v) is 4.45. The number of nitrogens with zero attached hydrogens (tertiary/aromatic N) is 3. The van der Waals surface area contributed by atoms with Gasteiger partial charge in [0, 0.05) is 24.4 Å². The molecule has 2 rings (SSSR count). The highest BCUT2D eigenvalue weighted by molar-refractivity contribution is 6.30. The molecule has 100 valence electrons. The van der Waals surface area contributed by atoms with E-state index in [0.29, 0.717) is 23.4 Å². The van der Waals surface area contributed by atoms with Crippen molar-refractivity contribution in [3.8, 4) is 5.88 Å². The van der Waals surface area contributed by atoms with Crippen molar-refractivity contribution in [3.63, 3.8) is 0 Å². The molecule has 2 aromatic heterocycles. The maximum atomic E-state index is 6.03. The van der Waals surface area contributed by atoms with Crippen LogP contribution in [0.25, 0.3) is 0 Å². The van der Waals surface area contributed by atoms with Crippen molar-refractivity contribution in [2.45, 2.75) is 20.4 Å². The third-order valence-corrected chi connectivity index (χ3v) is 3.03. The van der Waals surface area contributed by atoms with E-state index in [1.54, 1.807) is 13.3 Å². The van der Waals surface area contributed by atoms with Gasteiger partial charge in [-0.2, -0.15) is 0 Å². The van der Waals surface area contributed by atoms with Gasteiger partial charge in [-0.3, -0.25) is 0 Å². The Morgan fingerprint density at radius 1 is 1.32 bits per heavy atom. The number of anilines is 1. The Labute approximate surface area is 117 Å². The highest BCUT2D eigenvalue weighted by atomic mass is 35.5. The number of ether oxygens (including phenoxy) is 1. The van der Waals surface area contributed by atoms with E-state index in [1.807, 2.05) is 26.0 Å². The molecule has 1 N–H and O–H groups in total. The van der Waals surface area contributed by atoms with Crippen LogP contribution in [0.2, 0.25) is 5.15 Å². The normalized spacial score (nSPS) is 10.3. The molecule has 0 saturated heterocycles. The zero-order valence-electron chi connectivity index (χ0n) is 11.1. The molecule has 0 atom stereocenters. The van der Waals surface area contributed by atoms with Crippen molar-refractivity contribution in [2.75, 3.05) is 12.4 Å². The number of nitrogens with one attached hydrogen (secondary N) is 1. The van der Waals surface area contributed by atoms with Crippen LogP contribution in [0.15, 0.2) is 18.3 Å². The SMILES string of the molecule is COc1cc(CNc2nc(C)nc(Cl)c2C)ccn1. The number of hydrogen-bond acceptors (Lipinski definition) is 5. The van der Waals surface area contributed by atoms with Crippen LogP contribution in [0.1, 0.15) is 17.0 Å². The average molecular weight is 279 g/mol. The fourth-order valence-corrected chi connectivity index (χ4v) is 1.84. The van der Waals surface area contributed by atoms with Crippen molar-refractivity contribution >= 4 is 17.4 Å². The van der Waals surface area contributed by atoms with Gasteiger partial charge in [-0.25, -0.2) is 15.0 Å². The second kappa shape index (κ2) is 5.84. The molecule has 0 aromatic carbocycles. The molecule has 0 aliphatic carbocycles. The van der Waals surface area contributed by atoms with E-state index in [1.165, 1.54) is 0 Å². The highest BCUT2D eigenvalue weighted by Gasteiger charge is 2.07. The molecule has 0 saturated carbocycles. The molecule has 0 spiro atoms. The monoisotopic (exact) mass is 278 g/mol. The minimum absolute atomic E-state index is 0.474. The smallest absolute Gasteiger partial charge is 0.213 e. The fourth-order valence-electron chi connectivity index (χ4n) is 1.62. The summed E-state index contributed by atoms with van der Waals surface area (Å²) in [5, 5.41) is 3.72. The van der Waals surface area contributed by atoms with Gasteiger partial charge < -0.3 is 10.1 Å². The highest BCUT2D eigenvalue weighted by Crippen LogP contribution is 2.20. The van der Waals surface area contributed by atoms with Crippen LogP contribution in [0, 0.1) is 13.8 Å². The zero-order chi connectivity index (χ0) is 13.8. The topological polar surface area (TPSA) is 59.9 Å². The molecule has 19 heavy (non-hydrogen) atoms. The first-order chi connectivity index (χ1) is 9.10. The quantitative estimate of drug-likeness (QED) is 0.872. The summed E-state index contributed by atoms with van der Waals surface area (Å²) >= 11 is 6.03. The maximum Gasteiger partial charge on any atom is 0.213 e. The van der Waals surface area contributed by atoms with E-state index in [0.717, 1.165) is 16.9 Å². The van der Waals surface area contributed by atoms with Crippen LogP contribution < -0.4 is 10.1 Å². The maximum absolute atomic E-state index is 6.03. The first-order valence-corrected chi connectivity index (χ1v) is 6.21. The van der Waals surface area contributed by atoms with Crippen molar-refractivity contribution in [1.29, 1.82) is 0 Å². The molecule has 5 nitrogen and oxygen atoms in total. The van der Waals surface area contributed by atoms with Crippen LogP contribution in [0.5, 0.6) is 5.88 Å². The first kappa shape index (κ1) is 13.5. The number of methoxy groups -OCH3 is 1. The number of halogens is 1. The van der Waals surface area contributed by atoms with Crippen molar-refractivity contribution in [3.05, 3.63) is 40.4 Å². The summed E-state index contributed by atoms with van der Waals surface area (Å²) in [5.41, 5.74) is 1.90. The minimum Gasteiger partial charge on any atom is -0.481 e. The summed E-state index contributed by atoms with van der Waals surface area (Å²) < 4.78 is 5.08. The standard InChI is InChI=1S/C13H15ClN4O/c1-8-12(14)17-9(2)18-13(8)16-7-10-4-5-15-11(6-10)19-3/h4-6H,7H2,1-3H3,(H,16,17,18). The third-order valence-electron chi connectivity index (χ3n) is 2.67. The number of rotatable bonds is 4. The lowest BCUT2D eigenvalue weighted by molar-refractivity contribution is 0.397. The van der Waals surface area contributed by atoms with Gasteiger partial charge in [0.1, 0.15) is 16.8 Å². The van der Waals surface area contributed by atoms with Gasteiger partial charge in [0.05, 0.1) is 7.11 Å². The lowest BCUT2D eigenvalue weighted by Crippen LogP contribution is -2.06. The molecule has 0 unspecified atom stereocenters. The number of pyridine rings is 1. The molecule has 0 fully saturated rings. The summed E-state index contributed by atoms with van der Waals surface area (Å²) in [6, 6.07) is 3.79. The minimum atomic E-state index is 0.474. The van der Waals surface area contributed by atoms with E-state index in [9.17, 15) is 0 Å². The van der Waals surface area contributed by atoms with Crippen LogP contribution >= 0.6 is 11.6 Å². The van der Waals surface area contributed by atoms with Gasteiger partial charge in [-0.1, -0.05) is 11.6 Å². The fraction of sp³-hybridized carbons (Fsp3) is 0.308. The molecular weight excluding hydrogens is 264 g/mol. The Balaban J connectivity index is 2.14. The Morgan fingerprint density at radius 2 is 2.11 bits per heavy atom. The summed E-state index contributed by atoms with van der Waals surface area (Å²) in [6.07, 6.45) is 1.71. The van der Waals surface area contributed by atoms with Gasteiger partial charge in [-0.15, -0.1) is 0 Å². The number of aromatic nitrogens is 3. The Hall–Kier alpha value is -1.88. The molecule has 0 bridgehead atoms. The van der Waals surface area contributed by atoms with E-state index in [4.69, 9.17) is 16.3 Å². The van der Waals surface area contributed by atoms with Crippen LogP contribution in [0.4, 0.5) is 5.82 Å². The molecule has 0 aliphatic rings. The van der Waals surface area contributed by atoms with Crippen LogP contribution in [-0.2, 0) is 6.54 Å². The first-order valence-electron chi connectivity index (χ1n) is 5.83. The molecule has 2 aromatic rings. The van der Waals surface area contributed by atoms with Gasteiger partial charge in [0.15, 0.2) is 0 Å². The Kier molecular flexibility index (Phi) is 4.16. The third kappa shape index (κ3) is 3.32. The predicted octanol–water partition coefficient (Wildman–Crippen LogP) is 2.76. The lowest BCUT2D eigenvalue weighted by Gasteiger charge is -2.10. The van der Waals surface area contributed by atoms with Crippen molar-refractivity contribution in [2.24, 2.45) is 0 Å². The Bertz CT molecular complexity index is 589. The van der Waals surface area contributed by atoms with Gasteiger partial charge in [0.25, 0.3) is 0 Å². The van der Waals surface area contributed by atoms with E-state index in [2.05, 4.69) is 20.3 Å². The molecule has 0 aliphatic heterocycles. The van der Waals surface area contributed by atoms with E-state index < -0.39 is 0 Å². The molecular formula is C13H15ClN4O. The van der Waals surface area contributed by atoms with E-state index in [-0.39, 0.29) is 0 Å². The van der Waals surface area contributed by atoms with Gasteiger partial charge >= 0.3 is 0 Å². The van der Waals surface area contributed by atoms with Gasteiger partial charge in [-0.05, 0) is 25.5 Å².